The second-order valence-corrected chi connectivity index (χ2v) is 7.09. The summed E-state index contributed by atoms with van der Waals surface area (Å²) in [5, 5.41) is 3.89. The molecule has 1 N–H and O–H groups in total. The molecule has 1 amide bonds. The summed E-state index contributed by atoms with van der Waals surface area (Å²) in [5.74, 6) is -0.0367. The van der Waals surface area contributed by atoms with E-state index in [9.17, 15) is 4.79 Å². The summed E-state index contributed by atoms with van der Waals surface area (Å²) in [6.07, 6.45) is 7.42. The lowest BCUT2D eigenvalue weighted by atomic mass is 9.95. The summed E-state index contributed by atoms with van der Waals surface area (Å²) >= 11 is 6.32. The third-order valence-electron chi connectivity index (χ3n) is 4.98. The maximum absolute atomic E-state index is 12.9. The largest absolute Gasteiger partial charge is 0.463 e. The molecule has 1 saturated carbocycles. The number of carbonyl (C=O) groups is 1. The van der Waals surface area contributed by atoms with Gasteiger partial charge in [0.05, 0.1) is 11.8 Å². The van der Waals surface area contributed by atoms with Gasteiger partial charge in [-0.1, -0.05) is 49.1 Å². The number of hydrogen-bond acceptors (Lipinski definition) is 2. The van der Waals surface area contributed by atoms with Gasteiger partial charge in [-0.3, -0.25) is 4.79 Å². The monoisotopic (exact) mass is 356 g/mol. The minimum absolute atomic E-state index is 0.0367. The lowest BCUT2D eigenvalue weighted by molar-refractivity contribution is 0.0919. The highest BCUT2D eigenvalue weighted by Crippen LogP contribution is 2.25. The maximum atomic E-state index is 12.9. The first-order chi connectivity index (χ1) is 12.2. The average Bonchev–Trinajstić information content (AvgIpc) is 3.20. The van der Waals surface area contributed by atoms with Crippen LogP contribution in [0.25, 0.3) is 11.1 Å². The van der Waals surface area contributed by atoms with E-state index in [4.69, 9.17) is 16.0 Å². The number of benzene rings is 1. The van der Waals surface area contributed by atoms with Crippen molar-refractivity contribution in [1.29, 1.82) is 0 Å². The quantitative estimate of drug-likeness (QED) is 0.715. The van der Waals surface area contributed by atoms with Crippen LogP contribution in [0.4, 0.5) is 0 Å². The fourth-order valence-electron chi connectivity index (χ4n) is 3.64. The SMILES string of the molecule is O=C(NC1CCCCC1)c1cc2occc2n1Cc1ccccc1Cl. The first-order valence-electron chi connectivity index (χ1n) is 8.83. The normalized spacial score (nSPS) is 15.6. The van der Waals surface area contributed by atoms with Crippen molar-refractivity contribution in [2.75, 3.05) is 0 Å². The van der Waals surface area contributed by atoms with Crippen LogP contribution < -0.4 is 5.32 Å². The third kappa shape index (κ3) is 3.31. The van der Waals surface area contributed by atoms with E-state index in [2.05, 4.69) is 5.32 Å². The molecular formula is C20H21ClN2O2. The molecule has 0 unspecified atom stereocenters. The van der Waals surface area contributed by atoms with Crippen LogP contribution in [0.15, 0.2) is 47.1 Å². The van der Waals surface area contributed by atoms with Crippen LogP contribution in [0.1, 0.15) is 48.2 Å². The second kappa shape index (κ2) is 6.96. The number of rotatable bonds is 4. The molecule has 2 aromatic heterocycles. The third-order valence-corrected chi connectivity index (χ3v) is 5.35. The van der Waals surface area contributed by atoms with Crippen LogP contribution in [0.2, 0.25) is 5.02 Å². The van der Waals surface area contributed by atoms with E-state index in [1.165, 1.54) is 19.3 Å². The number of amides is 1. The van der Waals surface area contributed by atoms with E-state index in [0.29, 0.717) is 17.3 Å². The number of fused-ring (bicyclic) bond motifs is 1. The molecular weight excluding hydrogens is 336 g/mol. The molecule has 0 saturated heterocycles. The van der Waals surface area contributed by atoms with Crippen LogP contribution in [-0.2, 0) is 6.54 Å². The number of furan rings is 1. The van der Waals surface area contributed by atoms with Crippen LogP contribution in [-0.4, -0.2) is 16.5 Å². The topological polar surface area (TPSA) is 47.2 Å². The van der Waals surface area contributed by atoms with Gasteiger partial charge in [-0.25, -0.2) is 0 Å². The summed E-state index contributed by atoms with van der Waals surface area (Å²) in [6, 6.07) is 11.7. The Kier molecular flexibility index (Phi) is 4.53. The highest BCUT2D eigenvalue weighted by Gasteiger charge is 2.22. The Morgan fingerprint density at radius 2 is 2.00 bits per heavy atom. The van der Waals surface area contributed by atoms with Crippen molar-refractivity contribution < 1.29 is 9.21 Å². The van der Waals surface area contributed by atoms with Gasteiger partial charge in [-0.05, 0) is 24.5 Å². The fourth-order valence-corrected chi connectivity index (χ4v) is 3.83. The molecule has 1 fully saturated rings. The van der Waals surface area contributed by atoms with E-state index in [0.717, 1.165) is 29.5 Å². The van der Waals surface area contributed by atoms with Gasteiger partial charge in [0.1, 0.15) is 5.69 Å². The van der Waals surface area contributed by atoms with Crippen molar-refractivity contribution in [3.05, 3.63) is 58.9 Å². The predicted molar refractivity (Wildman–Crippen MR) is 99.1 cm³/mol. The Hall–Kier alpha value is -2.20. The lowest BCUT2D eigenvalue weighted by Crippen LogP contribution is -2.37. The zero-order chi connectivity index (χ0) is 17.2. The van der Waals surface area contributed by atoms with Crippen LogP contribution >= 0.6 is 11.6 Å². The molecule has 3 aromatic rings. The van der Waals surface area contributed by atoms with Gasteiger partial charge in [-0.2, -0.15) is 0 Å². The molecule has 2 heterocycles. The van der Waals surface area contributed by atoms with E-state index in [1.807, 2.05) is 41.0 Å². The number of hydrogen-bond donors (Lipinski definition) is 1. The Morgan fingerprint density at radius 1 is 1.20 bits per heavy atom. The molecule has 4 nitrogen and oxygen atoms in total. The van der Waals surface area contributed by atoms with E-state index >= 15 is 0 Å². The molecule has 130 valence electrons. The number of nitrogens with one attached hydrogen (secondary N) is 1. The van der Waals surface area contributed by atoms with Gasteiger partial charge < -0.3 is 14.3 Å². The Morgan fingerprint density at radius 3 is 2.80 bits per heavy atom. The van der Waals surface area contributed by atoms with E-state index < -0.39 is 0 Å². The standard InChI is InChI=1S/C20H21ClN2O2/c21-16-9-5-4-6-14(16)13-23-17-10-11-25-19(17)12-18(23)20(24)22-15-7-2-1-3-8-15/h4-6,9-12,15H,1-3,7-8,13H2,(H,22,24). The molecule has 1 aromatic carbocycles. The van der Waals surface area contributed by atoms with Gasteiger partial charge >= 0.3 is 0 Å². The minimum Gasteiger partial charge on any atom is -0.463 e. The maximum Gasteiger partial charge on any atom is 0.268 e. The second-order valence-electron chi connectivity index (χ2n) is 6.69. The summed E-state index contributed by atoms with van der Waals surface area (Å²) in [7, 11) is 0. The van der Waals surface area contributed by atoms with Gasteiger partial charge in [0.25, 0.3) is 5.91 Å². The summed E-state index contributed by atoms with van der Waals surface area (Å²) in [4.78, 5) is 12.9. The van der Waals surface area contributed by atoms with E-state index in [-0.39, 0.29) is 11.9 Å². The summed E-state index contributed by atoms with van der Waals surface area (Å²) in [5.41, 5.74) is 3.24. The van der Waals surface area contributed by atoms with E-state index in [1.54, 1.807) is 6.26 Å². The van der Waals surface area contributed by atoms with Crippen molar-refractivity contribution in [1.82, 2.24) is 9.88 Å². The number of halogens is 1. The molecule has 25 heavy (non-hydrogen) atoms. The molecule has 0 radical (unpaired) electrons. The van der Waals surface area contributed by atoms with Crippen molar-refractivity contribution in [3.8, 4) is 0 Å². The van der Waals surface area contributed by atoms with Gasteiger partial charge in [-0.15, -0.1) is 0 Å². The molecule has 0 atom stereocenters. The van der Waals surface area contributed by atoms with Gasteiger partial charge in [0.15, 0.2) is 5.58 Å². The number of nitrogens with zero attached hydrogens (tertiary/aromatic N) is 1. The smallest absolute Gasteiger partial charge is 0.268 e. The molecule has 1 aliphatic rings. The van der Waals surface area contributed by atoms with Gasteiger partial charge in [0, 0.05) is 29.7 Å². The molecule has 1 aliphatic carbocycles. The molecule has 0 aliphatic heterocycles. The highest BCUT2D eigenvalue weighted by molar-refractivity contribution is 6.31. The van der Waals surface area contributed by atoms with Crippen molar-refractivity contribution in [3.63, 3.8) is 0 Å². The number of carbonyl (C=O) groups excluding carboxylic acids is 1. The van der Waals surface area contributed by atoms with Gasteiger partial charge in [0.2, 0.25) is 0 Å². The van der Waals surface area contributed by atoms with Crippen LogP contribution in [0.5, 0.6) is 0 Å². The first kappa shape index (κ1) is 16.3. The zero-order valence-electron chi connectivity index (χ0n) is 14.0. The summed E-state index contributed by atoms with van der Waals surface area (Å²) in [6.45, 7) is 0.538. The molecule has 5 heteroatoms. The Labute approximate surface area is 151 Å². The minimum atomic E-state index is -0.0367. The first-order valence-corrected chi connectivity index (χ1v) is 9.21. The molecule has 0 spiro atoms. The Balaban J connectivity index is 1.65. The van der Waals surface area contributed by atoms with Crippen molar-refractivity contribution in [2.24, 2.45) is 0 Å². The average molecular weight is 357 g/mol. The Bertz CT molecular complexity index is 890. The van der Waals surface area contributed by atoms with Crippen molar-refractivity contribution >= 4 is 28.6 Å². The fraction of sp³-hybridized carbons (Fsp3) is 0.350. The van der Waals surface area contributed by atoms with Crippen LogP contribution in [0, 0.1) is 0 Å². The zero-order valence-corrected chi connectivity index (χ0v) is 14.8. The summed E-state index contributed by atoms with van der Waals surface area (Å²) < 4.78 is 7.50. The van der Waals surface area contributed by atoms with Crippen molar-refractivity contribution in [2.45, 2.75) is 44.7 Å². The molecule has 0 bridgehead atoms. The lowest BCUT2D eigenvalue weighted by Gasteiger charge is -2.23. The molecule has 4 rings (SSSR count). The highest BCUT2D eigenvalue weighted by atomic mass is 35.5. The van der Waals surface area contributed by atoms with Crippen LogP contribution in [0.3, 0.4) is 0 Å². The predicted octanol–water partition coefficient (Wildman–Crippen LogP) is 5.00. The number of aromatic nitrogens is 1.